The highest BCUT2D eigenvalue weighted by molar-refractivity contribution is 9.10. The third kappa shape index (κ3) is 3.83. The first-order valence-electron chi connectivity index (χ1n) is 7.12. The van der Waals surface area contributed by atoms with E-state index in [9.17, 15) is 4.79 Å². The Morgan fingerprint density at radius 1 is 1.40 bits per heavy atom. The SMILES string of the molecule is CC(C)(C(=O)OCc1ccc(Br)cc1)C1CCCNC1. The number of hydrogen-bond acceptors (Lipinski definition) is 3. The normalized spacial score (nSPS) is 19.6. The summed E-state index contributed by atoms with van der Waals surface area (Å²) in [6.07, 6.45) is 2.22. The predicted octanol–water partition coefficient (Wildman–Crippen LogP) is 3.52. The van der Waals surface area contributed by atoms with E-state index in [-0.39, 0.29) is 5.97 Å². The number of carbonyl (C=O) groups excluding carboxylic acids is 1. The van der Waals surface area contributed by atoms with Crippen LogP contribution >= 0.6 is 15.9 Å². The maximum absolute atomic E-state index is 12.3. The van der Waals surface area contributed by atoms with Gasteiger partial charge in [-0.25, -0.2) is 0 Å². The molecule has 1 atom stereocenters. The van der Waals surface area contributed by atoms with Crippen LogP contribution in [0.15, 0.2) is 28.7 Å². The zero-order chi connectivity index (χ0) is 14.6. The summed E-state index contributed by atoms with van der Waals surface area (Å²) in [6, 6.07) is 7.85. The third-order valence-corrected chi connectivity index (χ3v) is 4.66. The maximum Gasteiger partial charge on any atom is 0.312 e. The van der Waals surface area contributed by atoms with Crippen molar-refractivity contribution in [3.63, 3.8) is 0 Å². The Bertz CT molecular complexity index is 450. The van der Waals surface area contributed by atoms with Crippen molar-refractivity contribution in [1.29, 1.82) is 0 Å². The fraction of sp³-hybridized carbons (Fsp3) is 0.562. The van der Waals surface area contributed by atoms with Crippen LogP contribution < -0.4 is 5.32 Å². The number of halogens is 1. The van der Waals surface area contributed by atoms with E-state index >= 15 is 0 Å². The number of rotatable bonds is 4. The van der Waals surface area contributed by atoms with Gasteiger partial charge in [0, 0.05) is 4.47 Å². The van der Waals surface area contributed by atoms with Crippen molar-refractivity contribution in [2.24, 2.45) is 11.3 Å². The Morgan fingerprint density at radius 3 is 2.70 bits per heavy atom. The second kappa shape index (κ2) is 6.72. The molecule has 1 fully saturated rings. The number of carbonyl (C=O) groups is 1. The summed E-state index contributed by atoms with van der Waals surface area (Å²) in [7, 11) is 0. The second-order valence-electron chi connectivity index (χ2n) is 5.97. The van der Waals surface area contributed by atoms with Crippen LogP contribution in [0.2, 0.25) is 0 Å². The summed E-state index contributed by atoms with van der Waals surface area (Å²) in [6.45, 7) is 6.29. The van der Waals surface area contributed by atoms with Gasteiger partial charge in [-0.15, -0.1) is 0 Å². The molecule has 110 valence electrons. The molecule has 1 N–H and O–H groups in total. The lowest BCUT2D eigenvalue weighted by atomic mass is 9.75. The van der Waals surface area contributed by atoms with Crippen LogP contribution in [0.5, 0.6) is 0 Å². The molecule has 1 unspecified atom stereocenters. The molecule has 0 aromatic heterocycles. The molecule has 20 heavy (non-hydrogen) atoms. The van der Waals surface area contributed by atoms with E-state index in [1.165, 1.54) is 0 Å². The molecular formula is C16H22BrNO2. The van der Waals surface area contributed by atoms with Gasteiger partial charge in [0.1, 0.15) is 6.61 Å². The van der Waals surface area contributed by atoms with Gasteiger partial charge in [0.25, 0.3) is 0 Å². The molecule has 1 aliphatic rings. The van der Waals surface area contributed by atoms with E-state index in [0.717, 1.165) is 36.0 Å². The van der Waals surface area contributed by atoms with Crippen molar-refractivity contribution in [3.05, 3.63) is 34.3 Å². The number of nitrogens with one attached hydrogen (secondary N) is 1. The van der Waals surface area contributed by atoms with Gasteiger partial charge in [0.05, 0.1) is 5.41 Å². The lowest BCUT2D eigenvalue weighted by Gasteiger charge is -2.35. The molecule has 1 aromatic carbocycles. The van der Waals surface area contributed by atoms with Gasteiger partial charge in [0.15, 0.2) is 0 Å². The maximum atomic E-state index is 12.3. The van der Waals surface area contributed by atoms with Gasteiger partial charge in [-0.2, -0.15) is 0 Å². The van der Waals surface area contributed by atoms with Crippen molar-refractivity contribution in [3.8, 4) is 0 Å². The van der Waals surface area contributed by atoms with Crippen molar-refractivity contribution >= 4 is 21.9 Å². The van der Waals surface area contributed by atoms with Gasteiger partial charge in [0.2, 0.25) is 0 Å². The van der Waals surface area contributed by atoms with Crippen molar-refractivity contribution in [1.82, 2.24) is 5.32 Å². The van der Waals surface area contributed by atoms with E-state index in [1.54, 1.807) is 0 Å². The predicted molar refractivity (Wildman–Crippen MR) is 83.3 cm³/mol. The lowest BCUT2D eigenvalue weighted by molar-refractivity contribution is -0.159. The van der Waals surface area contributed by atoms with Gasteiger partial charge in [-0.3, -0.25) is 4.79 Å². The average molecular weight is 340 g/mol. The highest BCUT2D eigenvalue weighted by atomic mass is 79.9. The molecule has 0 radical (unpaired) electrons. The molecule has 1 saturated heterocycles. The van der Waals surface area contributed by atoms with Crippen LogP contribution in [0.4, 0.5) is 0 Å². The molecule has 0 saturated carbocycles. The van der Waals surface area contributed by atoms with Gasteiger partial charge >= 0.3 is 5.97 Å². The van der Waals surface area contributed by atoms with Crippen LogP contribution in [0.25, 0.3) is 0 Å². The topological polar surface area (TPSA) is 38.3 Å². The summed E-state index contributed by atoms with van der Waals surface area (Å²) in [5, 5.41) is 3.36. The van der Waals surface area contributed by atoms with Crippen LogP contribution in [0, 0.1) is 11.3 Å². The number of hydrogen-bond donors (Lipinski definition) is 1. The molecule has 0 amide bonds. The van der Waals surface area contributed by atoms with Crippen LogP contribution in [-0.4, -0.2) is 19.1 Å². The molecular weight excluding hydrogens is 318 g/mol. The fourth-order valence-electron chi connectivity index (χ4n) is 2.55. The largest absolute Gasteiger partial charge is 0.460 e. The van der Waals surface area contributed by atoms with E-state index in [4.69, 9.17) is 4.74 Å². The monoisotopic (exact) mass is 339 g/mol. The van der Waals surface area contributed by atoms with Gasteiger partial charge < -0.3 is 10.1 Å². The molecule has 3 nitrogen and oxygen atoms in total. The summed E-state index contributed by atoms with van der Waals surface area (Å²) in [5.41, 5.74) is 0.585. The van der Waals surface area contributed by atoms with E-state index in [1.807, 2.05) is 38.1 Å². The number of ether oxygens (including phenoxy) is 1. The summed E-state index contributed by atoms with van der Waals surface area (Å²) < 4.78 is 6.53. The quantitative estimate of drug-likeness (QED) is 0.853. The Hall–Kier alpha value is -0.870. The minimum absolute atomic E-state index is 0.103. The standard InChI is InChI=1S/C16H22BrNO2/c1-16(2,13-4-3-9-18-10-13)15(19)20-11-12-5-7-14(17)8-6-12/h5-8,13,18H,3-4,9-11H2,1-2H3. The first-order valence-corrected chi connectivity index (χ1v) is 7.92. The zero-order valence-corrected chi connectivity index (χ0v) is 13.7. The van der Waals surface area contributed by atoms with Crippen molar-refractivity contribution in [2.45, 2.75) is 33.3 Å². The van der Waals surface area contributed by atoms with E-state index in [0.29, 0.717) is 12.5 Å². The summed E-state index contributed by atoms with van der Waals surface area (Å²) >= 11 is 3.39. The Balaban J connectivity index is 1.91. The summed E-state index contributed by atoms with van der Waals surface area (Å²) in [4.78, 5) is 12.3. The molecule has 1 aliphatic heterocycles. The Kier molecular flexibility index (Phi) is 5.22. The highest BCUT2D eigenvalue weighted by Gasteiger charge is 2.38. The van der Waals surface area contributed by atoms with E-state index in [2.05, 4.69) is 21.2 Å². The first kappa shape index (κ1) is 15.5. The smallest absolute Gasteiger partial charge is 0.312 e. The van der Waals surface area contributed by atoms with Crippen molar-refractivity contribution in [2.75, 3.05) is 13.1 Å². The molecule has 1 aromatic rings. The van der Waals surface area contributed by atoms with Crippen LogP contribution in [-0.2, 0) is 16.1 Å². The fourth-order valence-corrected chi connectivity index (χ4v) is 2.81. The van der Waals surface area contributed by atoms with Crippen molar-refractivity contribution < 1.29 is 9.53 Å². The third-order valence-electron chi connectivity index (χ3n) is 4.13. The zero-order valence-electron chi connectivity index (χ0n) is 12.1. The van der Waals surface area contributed by atoms with Crippen LogP contribution in [0.3, 0.4) is 0 Å². The molecule has 1 heterocycles. The minimum Gasteiger partial charge on any atom is -0.460 e. The number of benzene rings is 1. The van der Waals surface area contributed by atoms with Crippen LogP contribution in [0.1, 0.15) is 32.3 Å². The van der Waals surface area contributed by atoms with Gasteiger partial charge in [-0.1, -0.05) is 28.1 Å². The molecule has 0 spiro atoms. The molecule has 0 aliphatic carbocycles. The highest BCUT2D eigenvalue weighted by Crippen LogP contribution is 2.33. The lowest BCUT2D eigenvalue weighted by Crippen LogP contribution is -2.43. The Labute approximate surface area is 129 Å². The molecule has 4 heteroatoms. The number of piperidine rings is 1. The Morgan fingerprint density at radius 2 is 2.10 bits per heavy atom. The first-order chi connectivity index (χ1) is 9.50. The molecule has 0 bridgehead atoms. The number of esters is 1. The van der Waals surface area contributed by atoms with Gasteiger partial charge in [-0.05, 0) is 63.4 Å². The minimum atomic E-state index is -0.428. The van der Waals surface area contributed by atoms with E-state index < -0.39 is 5.41 Å². The second-order valence-corrected chi connectivity index (χ2v) is 6.88. The average Bonchev–Trinajstić information content (AvgIpc) is 2.47. The summed E-state index contributed by atoms with van der Waals surface area (Å²) in [5.74, 6) is 0.253. The molecule has 2 rings (SSSR count).